The molecular weight excluding hydrogens is 276 g/mol. The molecule has 0 aliphatic rings. The largest absolute Gasteiger partial charge is 0.338 e. The van der Waals surface area contributed by atoms with Crippen molar-refractivity contribution in [3.63, 3.8) is 0 Å². The highest BCUT2D eigenvalue weighted by atomic mass is 15.3. The number of aromatic nitrogens is 5. The summed E-state index contributed by atoms with van der Waals surface area (Å²) < 4.78 is 1.80. The van der Waals surface area contributed by atoms with Crippen LogP contribution in [0.5, 0.6) is 0 Å². The van der Waals surface area contributed by atoms with Crippen molar-refractivity contribution in [2.45, 2.75) is 6.92 Å². The maximum Gasteiger partial charge on any atom is 0.160 e. The quantitative estimate of drug-likeness (QED) is 0.614. The van der Waals surface area contributed by atoms with E-state index in [1.807, 2.05) is 44.3 Å². The molecule has 0 atom stereocenters. The van der Waals surface area contributed by atoms with Crippen LogP contribution >= 0.6 is 0 Å². The zero-order chi connectivity index (χ0) is 15.1. The lowest BCUT2D eigenvalue weighted by atomic mass is 10.2. The summed E-state index contributed by atoms with van der Waals surface area (Å²) in [6.07, 6.45) is 3.35. The van der Waals surface area contributed by atoms with Crippen molar-refractivity contribution in [1.82, 2.24) is 24.7 Å². The Kier molecular flexibility index (Phi) is 2.75. The van der Waals surface area contributed by atoms with Crippen LogP contribution in [0.15, 0.2) is 42.9 Å². The van der Waals surface area contributed by atoms with Gasteiger partial charge in [-0.15, -0.1) is 0 Å². The molecule has 0 spiro atoms. The zero-order valence-corrected chi connectivity index (χ0v) is 12.3. The van der Waals surface area contributed by atoms with Crippen LogP contribution in [0.4, 0.5) is 11.5 Å². The lowest BCUT2D eigenvalue weighted by molar-refractivity contribution is 0.783. The fourth-order valence-electron chi connectivity index (χ4n) is 2.70. The van der Waals surface area contributed by atoms with Gasteiger partial charge in [0.2, 0.25) is 0 Å². The minimum Gasteiger partial charge on any atom is -0.338 e. The van der Waals surface area contributed by atoms with Crippen LogP contribution in [0.2, 0.25) is 0 Å². The number of hydrogen-bond acceptors (Lipinski definition) is 5. The van der Waals surface area contributed by atoms with Gasteiger partial charge in [-0.05, 0) is 31.2 Å². The first kappa shape index (κ1) is 12.7. The van der Waals surface area contributed by atoms with Crippen molar-refractivity contribution in [1.29, 1.82) is 0 Å². The second-order valence-electron chi connectivity index (χ2n) is 5.13. The van der Waals surface area contributed by atoms with Crippen molar-refractivity contribution in [3.8, 4) is 0 Å². The highest BCUT2D eigenvalue weighted by Crippen LogP contribution is 2.28. The minimum absolute atomic E-state index is 0.740. The predicted octanol–water partition coefficient (Wildman–Crippen LogP) is 2.96. The number of anilines is 2. The normalized spacial score (nSPS) is 11.2. The van der Waals surface area contributed by atoms with Crippen LogP contribution in [0.1, 0.15) is 5.69 Å². The van der Waals surface area contributed by atoms with Crippen LogP contribution in [-0.4, -0.2) is 24.7 Å². The van der Waals surface area contributed by atoms with E-state index in [0.717, 1.165) is 39.1 Å². The van der Waals surface area contributed by atoms with Crippen LogP contribution in [0.25, 0.3) is 21.9 Å². The molecule has 0 radical (unpaired) electrons. The van der Waals surface area contributed by atoms with Gasteiger partial charge in [0.15, 0.2) is 5.82 Å². The van der Waals surface area contributed by atoms with E-state index in [-0.39, 0.29) is 0 Å². The molecule has 0 aliphatic carbocycles. The summed E-state index contributed by atoms with van der Waals surface area (Å²) in [4.78, 5) is 13.1. The monoisotopic (exact) mass is 290 g/mol. The molecule has 3 heterocycles. The molecule has 0 aliphatic heterocycles. The smallest absolute Gasteiger partial charge is 0.160 e. The molecule has 3 aromatic heterocycles. The molecule has 0 amide bonds. The Morgan fingerprint density at radius 1 is 1.05 bits per heavy atom. The number of pyridine rings is 1. The summed E-state index contributed by atoms with van der Waals surface area (Å²) in [6.45, 7) is 1.95. The summed E-state index contributed by atoms with van der Waals surface area (Å²) in [5, 5.41) is 8.86. The fourth-order valence-corrected chi connectivity index (χ4v) is 2.70. The average molecular weight is 290 g/mol. The maximum atomic E-state index is 4.42. The van der Waals surface area contributed by atoms with Crippen molar-refractivity contribution < 1.29 is 0 Å². The van der Waals surface area contributed by atoms with Crippen LogP contribution in [0, 0.1) is 6.92 Å². The molecule has 4 rings (SSSR count). The van der Waals surface area contributed by atoms with Gasteiger partial charge in [0.05, 0.1) is 11.2 Å². The van der Waals surface area contributed by atoms with E-state index >= 15 is 0 Å². The van der Waals surface area contributed by atoms with Gasteiger partial charge in [0, 0.05) is 24.3 Å². The van der Waals surface area contributed by atoms with Crippen LogP contribution in [0.3, 0.4) is 0 Å². The van der Waals surface area contributed by atoms with Crippen molar-refractivity contribution >= 4 is 33.4 Å². The maximum absolute atomic E-state index is 4.42. The fraction of sp³-hybridized carbons (Fsp3) is 0.125. The topological polar surface area (TPSA) is 68.5 Å². The minimum atomic E-state index is 0.740. The Bertz CT molecular complexity index is 983. The number of rotatable bonds is 2. The highest BCUT2D eigenvalue weighted by molar-refractivity contribution is 5.96. The zero-order valence-electron chi connectivity index (χ0n) is 12.3. The molecule has 6 heteroatoms. The van der Waals surface area contributed by atoms with Crippen molar-refractivity contribution in [2.24, 2.45) is 7.05 Å². The molecule has 0 saturated carbocycles. The molecule has 1 aromatic carbocycles. The number of aryl methyl sites for hydroxylation is 2. The van der Waals surface area contributed by atoms with E-state index in [1.54, 1.807) is 17.2 Å². The molecule has 22 heavy (non-hydrogen) atoms. The number of hydrogen-bond donors (Lipinski definition) is 1. The van der Waals surface area contributed by atoms with E-state index in [9.17, 15) is 0 Å². The lowest BCUT2D eigenvalue weighted by Crippen LogP contribution is -2.00. The summed E-state index contributed by atoms with van der Waals surface area (Å²) in [5.74, 6) is 0.740. The predicted molar refractivity (Wildman–Crippen MR) is 86.1 cm³/mol. The average Bonchev–Trinajstić information content (AvgIpc) is 2.83. The standard InChI is InChI=1S/C16H14N6/c1-10-14-15(22(2)21-10)16(19-9-18-14)20-13-7-3-6-12-11(13)5-4-8-17-12/h3-9H,1-2H3,(H,18,19,20). The molecule has 0 saturated heterocycles. The molecule has 1 N–H and O–H groups in total. The third kappa shape index (κ3) is 1.88. The SMILES string of the molecule is Cc1nn(C)c2c(Nc3cccc4ncccc34)ncnc12. The van der Waals surface area contributed by atoms with E-state index in [1.165, 1.54) is 0 Å². The molecule has 4 aromatic rings. The summed E-state index contributed by atoms with van der Waals surface area (Å²) in [7, 11) is 1.90. The second-order valence-corrected chi connectivity index (χ2v) is 5.13. The Morgan fingerprint density at radius 2 is 1.95 bits per heavy atom. The molecule has 0 bridgehead atoms. The first-order valence-electron chi connectivity index (χ1n) is 6.99. The summed E-state index contributed by atoms with van der Waals surface area (Å²) in [5.41, 5.74) is 4.55. The van der Waals surface area contributed by atoms with E-state index in [0.29, 0.717) is 0 Å². The first-order chi connectivity index (χ1) is 10.7. The van der Waals surface area contributed by atoms with Gasteiger partial charge in [0.25, 0.3) is 0 Å². The Labute approximate surface area is 126 Å². The highest BCUT2D eigenvalue weighted by Gasteiger charge is 2.13. The Hall–Kier alpha value is -3.02. The van der Waals surface area contributed by atoms with E-state index < -0.39 is 0 Å². The van der Waals surface area contributed by atoms with Gasteiger partial charge in [0.1, 0.15) is 17.4 Å². The summed E-state index contributed by atoms with van der Waals surface area (Å²) in [6, 6.07) is 9.95. The van der Waals surface area contributed by atoms with Gasteiger partial charge in [-0.1, -0.05) is 6.07 Å². The third-order valence-corrected chi connectivity index (χ3v) is 3.69. The Morgan fingerprint density at radius 3 is 2.86 bits per heavy atom. The van der Waals surface area contributed by atoms with E-state index in [4.69, 9.17) is 0 Å². The van der Waals surface area contributed by atoms with Crippen LogP contribution in [-0.2, 0) is 7.05 Å². The summed E-state index contributed by atoms with van der Waals surface area (Å²) >= 11 is 0. The number of nitrogens with zero attached hydrogens (tertiary/aromatic N) is 5. The lowest BCUT2D eigenvalue weighted by Gasteiger charge is -2.09. The van der Waals surface area contributed by atoms with Gasteiger partial charge < -0.3 is 5.32 Å². The molecule has 0 unspecified atom stereocenters. The van der Waals surface area contributed by atoms with Crippen molar-refractivity contribution in [3.05, 3.63) is 48.5 Å². The number of nitrogens with one attached hydrogen (secondary N) is 1. The third-order valence-electron chi connectivity index (χ3n) is 3.69. The number of fused-ring (bicyclic) bond motifs is 2. The molecule has 6 nitrogen and oxygen atoms in total. The number of benzene rings is 1. The molecular formula is C16H14N6. The van der Waals surface area contributed by atoms with Crippen LogP contribution < -0.4 is 5.32 Å². The van der Waals surface area contributed by atoms with Gasteiger partial charge >= 0.3 is 0 Å². The van der Waals surface area contributed by atoms with E-state index in [2.05, 4.69) is 25.4 Å². The first-order valence-corrected chi connectivity index (χ1v) is 6.99. The van der Waals surface area contributed by atoms with Gasteiger partial charge in [-0.3, -0.25) is 9.67 Å². The van der Waals surface area contributed by atoms with Gasteiger partial charge in [-0.25, -0.2) is 9.97 Å². The van der Waals surface area contributed by atoms with Crippen molar-refractivity contribution in [2.75, 3.05) is 5.32 Å². The molecule has 108 valence electrons. The second kappa shape index (κ2) is 4.77. The van der Waals surface area contributed by atoms with Gasteiger partial charge in [-0.2, -0.15) is 5.10 Å². The molecule has 0 fully saturated rings. The Balaban J connectivity index is 1.90.